The molecule has 6 heteroatoms. The van der Waals surface area contributed by atoms with Gasteiger partial charge < -0.3 is 9.47 Å². The van der Waals surface area contributed by atoms with Gasteiger partial charge in [0, 0.05) is 28.8 Å². The summed E-state index contributed by atoms with van der Waals surface area (Å²) in [6.07, 6.45) is 3.86. The van der Waals surface area contributed by atoms with Crippen LogP contribution in [0.4, 0.5) is 0 Å². The van der Waals surface area contributed by atoms with Crippen molar-refractivity contribution in [1.29, 1.82) is 0 Å². The Labute approximate surface area is 181 Å². The normalized spacial score (nSPS) is 11.1. The Bertz CT molecular complexity index is 1040. The number of rotatable bonds is 8. The van der Waals surface area contributed by atoms with E-state index in [1.807, 2.05) is 67.1 Å². The fraction of sp³-hybridized carbons (Fsp3) is 0.250. The number of hydrogen-bond donors (Lipinski definition) is 0. The molecule has 0 amide bonds. The molecule has 3 rings (SSSR count). The first-order valence-corrected chi connectivity index (χ1v) is 10.1. The summed E-state index contributed by atoms with van der Waals surface area (Å²) in [5.41, 5.74) is 4.81. The third-order valence-corrected chi connectivity index (χ3v) is 5.26. The van der Waals surface area contributed by atoms with Gasteiger partial charge in [-0.3, -0.25) is 4.68 Å². The number of halogens is 1. The van der Waals surface area contributed by atoms with E-state index in [0.717, 1.165) is 33.8 Å². The van der Waals surface area contributed by atoms with Crippen LogP contribution in [0.2, 0.25) is 5.02 Å². The number of ether oxygens (including phenoxy) is 2. The van der Waals surface area contributed by atoms with Crippen LogP contribution in [0.15, 0.2) is 54.6 Å². The molecule has 0 spiro atoms. The van der Waals surface area contributed by atoms with Crippen LogP contribution >= 0.6 is 11.6 Å². The Morgan fingerprint density at radius 3 is 2.57 bits per heavy atom. The highest BCUT2D eigenvalue weighted by molar-refractivity contribution is 6.31. The number of aryl methyl sites for hydroxylation is 1. The van der Waals surface area contributed by atoms with E-state index in [1.54, 1.807) is 13.2 Å². The second kappa shape index (κ2) is 10.1. The van der Waals surface area contributed by atoms with E-state index in [4.69, 9.17) is 21.1 Å². The molecule has 5 nitrogen and oxygen atoms in total. The number of methoxy groups -OCH3 is 1. The zero-order valence-corrected chi connectivity index (χ0v) is 18.1. The summed E-state index contributed by atoms with van der Waals surface area (Å²) in [5, 5.41) is 5.30. The zero-order valence-electron chi connectivity index (χ0n) is 17.4. The van der Waals surface area contributed by atoms with Crippen molar-refractivity contribution >= 4 is 23.6 Å². The van der Waals surface area contributed by atoms with Crippen molar-refractivity contribution in [3.63, 3.8) is 0 Å². The summed E-state index contributed by atoms with van der Waals surface area (Å²) in [7, 11) is 1.63. The van der Waals surface area contributed by atoms with Crippen LogP contribution < -0.4 is 4.74 Å². The zero-order chi connectivity index (χ0) is 21.5. The summed E-state index contributed by atoms with van der Waals surface area (Å²) in [6.45, 7) is 4.79. The lowest BCUT2D eigenvalue weighted by atomic mass is 10.1. The summed E-state index contributed by atoms with van der Waals surface area (Å²) in [5.74, 6) is 0.431. The number of aromatic nitrogens is 2. The van der Waals surface area contributed by atoms with Gasteiger partial charge in [-0.1, -0.05) is 41.9 Å². The molecule has 0 aliphatic heterocycles. The lowest BCUT2D eigenvalue weighted by Gasteiger charge is -2.06. The molecule has 0 radical (unpaired) electrons. The number of hydrogen-bond acceptors (Lipinski definition) is 4. The van der Waals surface area contributed by atoms with E-state index in [9.17, 15) is 4.79 Å². The lowest BCUT2D eigenvalue weighted by Crippen LogP contribution is -2.05. The predicted octanol–water partition coefficient (Wildman–Crippen LogP) is 5.01. The number of nitrogens with zero attached hydrogens (tertiary/aromatic N) is 2. The van der Waals surface area contributed by atoms with E-state index in [0.29, 0.717) is 24.6 Å². The van der Waals surface area contributed by atoms with Crippen LogP contribution in [0.3, 0.4) is 0 Å². The van der Waals surface area contributed by atoms with E-state index < -0.39 is 0 Å². The number of carbonyl (C=O) groups excluding carboxylic acids is 1. The first kappa shape index (κ1) is 21.7. The third-order valence-electron chi connectivity index (χ3n) is 4.90. The first-order chi connectivity index (χ1) is 14.5. The van der Waals surface area contributed by atoms with Crippen molar-refractivity contribution in [2.24, 2.45) is 0 Å². The van der Waals surface area contributed by atoms with Crippen LogP contribution in [0.5, 0.6) is 5.75 Å². The largest absolute Gasteiger partial charge is 0.497 e. The molecule has 30 heavy (non-hydrogen) atoms. The molecule has 0 saturated carbocycles. The molecule has 2 aromatic carbocycles. The van der Waals surface area contributed by atoms with Crippen LogP contribution in [0, 0.1) is 13.8 Å². The molecule has 0 atom stereocenters. The number of esters is 1. The molecule has 0 unspecified atom stereocenters. The van der Waals surface area contributed by atoms with Gasteiger partial charge in [0.05, 0.1) is 26.0 Å². The smallest absolute Gasteiger partial charge is 0.330 e. The highest BCUT2D eigenvalue weighted by atomic mass is 35.5. The molecular weight excluding hydrogens is 400 g/mol. The monoisotopic (exact) mass is 424 g/mol. The van der Waals surface area contributed by atoms with Gasteiger partial charge in [-0.2, -0.15) is 5.10 Å². The van der Waals surface area contributed by atoms with E-state index in [2.05, 4.69) is 5.10 Å². The topological polar surface area (TPSA) is 53.4 Å². The Balaban J connectivity index is 1.57. The van der Waals surface area contributed by atoms with Crippen molar-refractivity contribution in [2.75, 3.05) is 13.7 Å². The summed E-state index contributed by atoms with van der Waals surface area (Å²) in [4.78, 5) is 12.1. The summed E-state index contributed by atoms with van der Waals surface area (Å²) >= 11 is 6.26. The van der Waals surface area contributed by atoms with Gasteiger partial charge in [-0.25, -0.2) is 4.79 Å². The second-order valence-corrected chi connectivity index (χ2v) is 7.34. The molecular formula is C24H25ClN2O3. The van der Waals surface area contributed by atoms with E-state index >= 15 is 0 Å². The van der Waals surface area contributed by atoms with Gasteiger partial charge in [0.1, 0.15) is 5.75 Å². The van der Waals surface area contributed by atoms with E-state index in [-0.39, 0.29) is 5.97 Å². The maximum absolute atomic E-state index is 12.1. The molecule has 0 saturated heterocycles. The molecule has 0 fully saturated rings. The van der Waals surface area contributed by atoms with Crippen molar-refractivity contribution < 1.29 is 14.3 Å². The van der Waals surface area contributed by atoms with Crippen LogP contribution in [0.25, 0.3) is 6.08 Å². The fourth-order valence-electron chi connectivity index (χ4n) is 3.16. The van der Waals surface area contributed by atoms with E-state index in [1.165, 1.54) is 6.08 Å². The Morgan fingerprint density at radius 1 is 1.13 bits per heavy atom. The Morgan fingerprint density at radius 2 is 1.87 bits per heavy atom. The average molecular weight is 425 g/mol. The van der Waals surface area contributed by atoms with Gasteiger partial charge in [-0.05, 0) is 49.2 Å². The highest BCUT2D eigenvalue weighted by Gasteiger charge is 2.11. The lowest BCUT2D eigenvalue weighted by molar-refractivity contribution is -0.137. The quantitative estimate of drug-likeness (QED) is 0.377. The van der Waals surface area contributed by atoms with Gasteiger partial charge >= 0.3 is 5.97 Å². The molecule has 0 N–H and O–H groups in total. The summed E-state index contributed by atoms with van der Waals surface area (Å²) in [6, 6.07) is 15.4. The number of carbonyl (C=O) groups is 1. The Hall–Kier alpha value is -3.05. The third kappa shape index (κ3) is 5.51. The summed E-state index contributed by atoms with van der Waals surface area (Å²) < 4.78 is 12.4. The minimum atomic E-state index is -0.374. The first-order valence-electron chi connectivity index (χ1n) is 9.73. The average Bonchev–Trinajstić information content (AvgIpc) is 3.01. The van der Waals surface area contributed by atoms with Crippen molar-refractivity contribution in [2.45, 2.75) is 26.8 Å². The molecule has 0 bridgehead atoms. The van der Waals surface area contributed by atoms with Gasteiger partial charge in [0.15, 0.2) is 0 Å². The molecule has 0 aliphatic rings. The Kier molecular flexibility index (Phi) is 7.31. The molecule has 3 aromatic rings. The molecule has 0 aliphatic carbocycles. The maximum atomic E-state index is 12.1. The standard InChI is InChI=1S/C24H25ClN2O3/c1-17-22(18(2)27(26-17)16-20-6-4-5-7-23(20)25)12-13-24(28)30-15-14-19-8-10-21(29-3)11-9-19/h4-13H,14-16H2,1-3H3/b13-12+. The maximum Gasteiger partial charge on any atom is 0.330 e. The second-order valence-electron chi connectivity index (χ2n) is 6.93. The van der Waals surface area contributed by atoms with Crippen LogP contribution in [-0.2, 0) is 22.5 Å². The number of benzene rings is 2. The van der Waals surface area contributed by atoms with Crippen molar-refractivity contribution in [3.05, 3.63) is 87.7 Å². The van der Waals surface area contributed by atoms with Crippen molar-refractivity contribution in [1.82, 2.24) is 9.78 Å². The fourth-order valence-corrected chi connectivity index (χ4v) is 3.35. The van der Waals surface area contributed by atoms with Crippen LogP contribution in [0.1, 0.15) is 28.1 Å². The van der Waals surface area contributed by atoms with Crippen molar-refractivity contribution in [3.8, 4) is 5.75 Å². The van der Waals surface area contributed by atoms with Gasteiger partial charge in [-0.15, -0.1) is 0 Å². The SMILES string of the molecule is COc1ccc(CCOC(=O)/C=C/c2c(C)nn(Cc3ccccc3Cl)c2C)cc1. The highest BCUT2D eigenvalue weighted by Crippen LogP contribution is 2.20. The minimum absolute atomic E-state index is 0.319. The van der Waals surface area contributed by atoms with Gasteiger partial charge in [0.2, 0.25) is 0 Å². The molecule has 1 heterocycles. The van der Waals surface area contributed by atoms with Crippen LogP contribution in [-0.4, -0.2) is 29.5 Å². The predicted molar refractivity (Wildman–Crippen MR) is 119 cm³/mol. The minimum Gasteiger partial charge on any atom is -0.497 e. The molecule has 156 valence electrons. The molecule has 1 aromatic heterocycles. The van der Waals surface area contributed by atoms with Gasteiger partial charge in [0.25, 0.3) is 0 Å².